The minimum Gasteiger partial charge on any atom is -0.274 e. The van der Waals surface area contributed by atoms with Crippen molar-refractivity contribution in [2.45, 2.75) is 142 Å². The first-order valence-corrected chi connectivity index (χ1v) is 23.7. The summed E-state index contributed by atoms with van der Waals surface area (Å²) in [4.78, 5) is 59.5. The second-order valence-corrected chi connectivity index (χ2v) is 18.4. The third-order valence-corrected chi connectivity index (χ3v) is 14.0. The van der Waals surface area contributed by atoms with E-state index in [4.69, 9.17) is 46.4 Å². The number of hydrogen-bond donors (Lipinski definition) is 0. The summed E-state index contributed by atoms with van der Waals surface area (Å²) in [6.45, 7) is 4.89. The average molecular weight is 890 g/mol. The SMILES string of the molecule is CCCCCCCCCCCCN1C(=O)c2cc(Cl)c3c4c(Cl)cc5c6c(c(C#N)c(Cl)c(c7c(Cl)cc(c2c37)C1=O)c64)C(=O)N(CCCCCCCCCCCC)C5=O. The molecule has 0 aromatic heterocycles. The fraction of sp³-hybridized carbons (Fsp3) is 0.490. The van der Waals surface area contributed by atoms with Crippen molar-refractivity contribution in [3.05, 3.63) is 66.1 Å². The van der Waals surface area contributed by atoms with Gasteiger partial charge in [-0.15, -0.1) is 0 Å². The molecule has 60 heavy (non-hydrogen) atoms. The number of nitrogens with zero attached hydrogens (tertiary/aromatic N) is 3. The highest BCUT2D eigenvalue weighted by Crippen LogP contribution is 2.54. The molecule has 4 amide bonds. The van der Waals surface area contributed by atoms with E-state index in [0.29, 0.717) is 50.5 Å². The fourth-order valence-electron chi connectivity index (χ4n) is 9.67. The van der Waals surface area contributed by atoms with E-state index in [1.54, 1.807) is 12.1 Å². The first-order chi connectivity index (χ1) is 29.1. The molecule has 0 aliphatic carbocycles. The summed E-state index contributed by atoms with van der Waals surface area (Å²) < 4.78 is 0. The van der Waals surface area contributed by atoms with Gasteiger partial charge in [0.2, 0.25) is 0 Å². The Morgan fingerprint density at radius 2 is 0.767 bits per heavy atom. The molecule has 0 atom stereocenters. The zero-order valence-corrected chi connectivity index (χ0v) is 37.8. The Hall–Kier alpha value is -3.67. The minimum atomic E-state index is -0.589. The number of halogens is 4. The van der Waals surface area contributed by atoms with Crippen LogP contribution < -0.4 is 0 Å². The van der Waals surface area contributed by atoms with Crippen molar-refractivity contribution < 1.29 is 19.2 Å². The van der Waals surface area contributed by atoms with Crippen LogP contribution in [-0.4, -0.2) is 46.5 Å². The molecule has 5 aromatic carbocycles. The van der Waals surface area contributed by atoms with E-state index < -0.39 is 23.6 Å². The summed E-state index contributed by atoms with van der Waals surface area (Å²) in [5.74, 6) is -1.99. The van der Waals surface area contributed by atoms with Gasteiger partial charge in [0.1, 0.15) is 6.07 Å². The molecule has 0 bridgehead atoms. The molecule has 0 unspecified atom stereocenters. The molecule has 2 heterocycles. The van der Waals surface area contributed by atoms with Crippen LogP contribution in [0.3, 0.4) is 0 Å². The third kappa shape index (κ3) is 8.08. The molecule has 316 valence electrons. The summed E-state index contributed by atoms with van der Waals surface area (Å²) in [6, 6.07) is 6.82. The molecule has 0 saturated carbocycles. The van der Waals surface area contributed by atoms with E-state index in [0.717, 1.165) is 38.5 Å². The maximum absolute atomic E-state index is 14.4. The Balaban J connectivity index is 1.23. The summed E-state index contributed by atoms with van der Waals surface area (Å²) in [6.07, 6.45) is 22.3. The van der Waals surface area contributed by atoms with Gasteiger partial charge in [-0.25, -0.2) is 0 Å². The van der Waals surface area contributed by atoms with Gasteiger partial charge >= 0.3 is 0 Å². The Bertz CT molecular complexity index is 2520. The molecule has 7 nitrogen and oxygen atoms in total. The van der Waals surface area contributed by atoms with Gasteiger partial charge in [0.25, 0.3) is 23.6 Å². The number of unbranched alkanes of at least 4 members (excludes halogenated alkanes) is 18. The highest BCUT2D eigenvalue weighted by molar-refractivity contribution is 6.56. The topological polar surface area (TPSA) is 98.6 Å². The lowest BCUT2D eigenvalue weighted by Crippen LogP contribution is -2.41. The van der Waals surface area contributed by atoms with Gasteiger partial charge < -0.3 is 0 Å². The second-order valence-electron chi connectivity index (χ2n) is 16.8. The smallest absolute Gasteiger partial charge is 0.262 e. The molecule has 0 saturated heterocycles. The van der Waals surface area contributed by atoms with Gasteiger partial charge in [0, 0.05) is 71.2 Å². The van der Waals surface area contributed by atoms with Crippen molar-refractivity contribution in [2.75, 3.05) is 13.1 Å². The number of fused-ring (bicyclic) bond motifs is 2. The predicted octanol–water partition coefficient (Wildman–Crippen LogP) is 15.3. The van der Waals surface area contributed by atoms with Crippen molar-refractivity contribution in [2.24, 2.45) is 0 Å². The lowest BCUT2D eigenvalue weighted by molar-refractivity contribution is 0.0592. The molecule has 0 N–H and O–H groups in total. The number of carbonyl (C=O) groups is 4. The summed E-state index contributed by atoms with van der Waals surface area (Å²) in [5.41, 5.74) is 0.653. The average Bonchev–Trinajstić information content (AvgIpc) is 3.23. The van der Waals surface area contributed by atoms with E-state index in [2.05, 4.69) is 19.9 Å². The Kier molecular flexibility index (Phi) is 14.5. The van der Waals surface area contributed by atoms with Crippen LogP contribution in [-0.2, 0) is 0 Å². The first-order valence-electron chi connectivity index (χ1n) is 22.2. The number of rotatable bonds is 22. The summed E-state index contributed by atoms with van der Waals surface area (Å²) in [5, 5.41) is 14.0. The van der Waals surface area contributed by atoms with Crippen LogP contribution in [0, 0.1) is 11.3 Å². The zero-order valence-electron chi connectivity index (χ0n) is 34.8. The molecule has 0 spiro atoms. The van der Waals surface area contributed by atoms with Crippen molar-refractivity contribution in [1.29, 1.82) is 5.26 Å². The highest BCUT2D eigenvalue weighted by Gasteiger charge is 2.41. The number of amides is 4. The van der Waals surface area contributed by atoms with Gasteiger partial charge in [-0.1, -0.05) is 176 Å². The Morgan fingerprint density at radius 1 is 0.433 bits per heavy atom. The lowest BCUT2D eigenvalue weighted by atomic mass is 9.80. The minimum absolute atomic E-state index is 0.0310. The Morgan fingerprint density at radius 3 is 1.17 bits per heavy atom. The molecule has 5 aromatic rings. The quantitative estimate of drug-likeness (QED) is 0.0298. The van der Waals surface area contributed by atoms with Crippen molar-refractivity contribution in [1.82, 2.24) is 9.80 Å². The van der Waals surface area contributed by atoms with Crippen LogP contribution >= 0.6 is 46.4 Å². The molecule has 0 fully saturated rings. The number of hydrogen-bond acceptors (Lipinski definition) is 5. The van der Waals surface area contributed by atoms with Crippen molar-refractivity contribution >= 4 is 113 Å². The largest absolute Gasteiger partial charge is 0.274 e. The fourth-order valence-corrected chi connectivity index (χ4v) is 10.9. The van der Waals surface area contributed by atoms with Crippen LogP contribution in [0.5, 0.6) is 0 Å². The summed E-state index contributed by atoms with van der Waals surface area (Å²) >= 11 is 28.7. The van der Waals surface area contributed by atoms with Gasteiger partial charge in [-0.3, -0.25) is 29.0 Å². The van der Waals surface area contributed by atoms with Gasteiger partial charge in [-0.05, 0) is 31.0 Å². The maximum atomic E-state index is 14.4. The Labute approximate surface area is 372 Å². The van der Waals surface area contributed by atoms with E-state index in [9.17, 15) is 24.4 Å². The second kappa shape index (κ2) is 19.6. The lowest BCUT2D eigenvalue weighted by Gasteiger charge is -2.32. The zero-order chi connectivity index (χ0) is 42.7. The molecule has 0 radical (unpaired) electrons. The van der Waals surface area contributed by atoms with Crippen LogP contribution in [0.25, 0.3) is 43.1 Å². The number of imide groups is 2. The molecule has 2 aliphatic rings. The monoisotopic (exact) mass is 887 g/mol. The molecular formula is C49H53Cl4N3O4. The molecule has 2 aliphatic heterocycles. The van der Waals surface area contributed by atoms with Crippen LogP contribution in [0.1, 0.15) is 189 Å². The van der Waals surface area contributed by atoms with Gasteiger partial charge in [0.05, 0.1) is 32.8 Å². The maximum Gasteiger partial charge on any atom is 0.262 e. The van der Waals surface area contributed by atoms with Crippen molar-refractivity contribution in [3.63, 3.8) is 0 Å². The number of benzene rings is 5. The van der Waals surface area contributed by atoms with E-state index in [1.807, 2.05) is 0 Å². The van der Waals surface area contributed by atoms with Crippen LogP contribution in [0.4, 0.5) is 0 Å². The van der Waals surface area contributed by atoms with Gasteiger partial charge in [0.15, 0.2) is 0 Å². The molecule has 11 heteroatoms. The third-order valence-electron chi connectivity index (χ3n) is 12.7. The van der Waals surface area contributed by atoms with Crippen LogP contribution in [0.15, 0.2) is 18.2 Å². The predicted molar refractivity (Wildman–Crippen MR) is 247 cm³/mol. The standard InChI is InChI=1S/C49H53Cl4N3O4/c1-3-5-7-9-11-13-15-17-19-21-23-55-46(57)29-25-33(50)39-40-34(51)27-31-37-38(49(60)56(48(31)59)24-22-20-18-16-14-12-10-8-6-4-2)32(28-54)45(53)44(43(37)40)41-35(52)26-30(47(55)58)36(29)42(39)41/h25-27H,3-24H2,1-2H3. The van der Waals surface area contributed by atoms with E-state index >= 15 is 0 Å². The summed E-state index contributed by atoms with van der Waals surface area (Å²) in [7, 11) is 0. The van der Waals surface area contributed by atoms with Gasteiger partial charge in [-0.2, -0.15) is 5.26 Å². The van der Waals surface area contributed by atoms with E-state index in [1.165, 1.54) is 92.9 Å². The molecular weight excluding hydrogens is 836 g/mol. The highest BCUT2D eigenvalue weighted by atomic mass is 35.5. The van der Waals surface area contributed by atoms with Crippen LogP contribution in [0.2, 0.25) is 20.1 Å². The van der Waals surface area contributed by atoms with E-state index in [-0.39, 0.29) is 66.4 Å². The number of nitriles is 1. The molecule has 7 rings (SSSR count). The number of carbonyl (C=O) groups excluding carboxylic acids is 4. The first kappa shape index (κ1) is 44.4. The normalized spacial score (nSPS) is 14.0. The van der Waals surface area contributed by atoms with Crippen molar-refractivity contribution in [3.8, 4) is 6.07 Å².